The standard InChI is InChI=1S/C14H26N2O4S/c1-2-6-15-7-3-12(4-8-15)16(10-14(17)18)13-5-9-21(19,20)11-13/h12-13H,2-11H2,1H3,(H,17,18). The van der Waals surface area contributed by atoms with Crippen LogP contribution in [0.4, 0.5) is 0 Å². The molecule has 0 radical (unpaired) electrons. The molecule has 0 amide bonds. The minimum Gasteiger partial charge on any atom is -0.480 e. The van der Waals surface area contributed by atoms with Gasteiger partial charge < -0.3 is 10.0 Å². The normalized spacial score (nSPS) is 27.2. The summed E-state index contributed by atoms with van der Waals surface area (Å²) in [4.78, 5) is 15.5. The number of hydrogen-bond acceptors (Lipinski definition) is 5. The third-order valence-electron chi connectivity index (χ3n) is 4.56. The summed E-state index contributed by atoms with van der Waals surface area (Å²) < 4.78 is 23.3. The van der Waals surface area contributed by atoms with E-state index in [0.717, 1.165) is 38.9 Å². The molecule has 2 aliphatic rings. The topological polar surface area (TPSA) is 77.9 Å². The van der Waals surface area contributed by atoms with Gasteiger partial charge in [0, 0.05) is 12.1 Å². The molecule has 2 aliphatic heterocycles. The molecule has 0 bridgehead atoms. The van der Waals surface area contributed by atoms with Crippen LogP contribution in [-0.4, -0.2) is 79.1 Å². The van der Waals surface area contributed by atoms with Crippen molar-refractivity contribution < 1.29 is 18.3 Å². The van der Waals surface area contributed by atoms with E-state index < -0.39 is 15.8 Å². The van der Waals surface area contributed by atoms with Gasteiger partial charge in [-0.1, -0.05) is 6.92 Å². The van der Waals surface area contributed by atoms with Crippen LogP contribution < -0.4 is 0 Å². The Labute approximate surface area is 127 Å². The van der Waals surface area contributed by atoms with Crippen LogP contribution in [-0.2, 0) is 14.6 Å². The Bertz CT molecular complexity index is 458. The predicted molar refractivity (Wildman–Crippen MR) is 81.2 cm³/mol. The summed E-state index contributed by atoms with van der Waals surface area (Å²) in [6.45, 7) is 5.16. The van der Waals surface area contributed by atoms with E-state index in [1.165, 1.54) is 0 Å². The molecule has 0 aromatic heterocycles. The minimum absolute atomic E-state index is 0.0430. The van der Waals surface area contributed by atoms with Crippen molar-refractivity contribution >= 4 is 15.8 Å². The lowest BCUT2D eigenvalue weighted by Gasteiger charge is -2.40. The van der Waals surface area contributed by atoms with Crippen molar-refractivity contribution in [3.8, 4) is 0 Å². The number of carboxylic acid groups (broad SMARTS) is 1. The first-order valence-electron chi connectivity index (χ1n) is 7.81. The Morgan fingerprint density at radius 2 is 1.90 bits per heavy atom. The van der Waals surface area contributed by atoms with Crippen LogP contribution in [0.2, 0.25) is 0 Å². The molecule has 122 valence electrons. The second-order valence-corrected chi connectivity index (χ2v) is 8.42. The van der Waals surface area contributed by atoms with Crippen molar-refractivity contribution in [2.45, 2.75) is 44.7 Å². The second-order valence-electron chi connectivity index (χ2n) is 6.20. The molecular formula is C14H26N2O4S. The summed E-state index contributed by atoms with van der Waals surface area (Å²) in [6.07, 6.45) is 3.57. The first-order valence-corrected chi connectivity index (χ1v) is 9.63. The number of hydrogen-bond donors (Lipinski definition) is 1. The molecule has 0 aliphatic carbocycles. The Kier molecular flexibility index (Phi) is 5.62. The molecule has 7 heteroatoms. The number of sulfone groups is 1. The smallest absolute Gasteiger partial charge is 0.317 e. The number of piperidine rings is 1. The lowest BCUT2D eigenvalue weighted by Crippen LogP contribution is -2.51. The molecule has 1 atom stereocenters. The molecule has 0 spiro atoms. The second kappa shape index (κ2) is 7.07. The Hall–Kier alpha value is -0.660. The van der Waals surface area contributed by atoms with Crippen molar-refractivity contribution in [3.05, 3.63) is 0 Å². The molecule has 0 saturated carbocycles. The maximum absolute atomic E-state index is 11.7. The van der Waals surface area contributed by atoms with Gasteiger partial charge in [0.25, 0.3) is 0 Å². The highest BCUT2D eigenvalue weighted by atomic mass is 32.2. The minimum atomic E-state index is -2.98. The van der Waals surface area contributed by atoms with E-state index in [4.69, 9.17) is 5.11 Å². The summed E-state index contributed by atoms with van der Waals surface area (Å²) in [5.41, 5.74) is 0. The summed E-state index contributed by atoms with van der Waals surface area (Å²) in [6, 6.07) is 0.0846. The van der Waals surface area contributed by atoms with Gasteiger partial charge in [-0.3, -0.25) is 9.69 Å². The summed E-state index contributed by atoms with van der Waals surface area (Å²) in [5, 5.41) is 9.14. The highest BCUT2D eigenvalue weighted by Crippen LogP contribution is 2.25. The van der Waals surface area contributed by atoms with E-state index in [0.29, 0.717) is 6.42 Å². The number of rotatable bonds is 6. The molecule has 2 heterocycles. The lowest BCUT2D eigenvalue weighted by atomic mass is 10.0. The van der Waals surface area contributed by atoms with Gasteiger partial charge in [0.05, 0.1) is 18.1 Å². The van der Waals surface area contributed by atoms with Gasteiger partial charge in [-0.05, 0) is 45.3 Å². The van der Waals surface area contributed by atoms with Crippen molar-refractivity contribution in [2.24, 2.45) is 0 Å². The zero-order chi connectivity index (χ0) is 15.5. The monoisotopic (exact) mass is 318 g/mol. The molecule has 2 saturated heterocycles. The van der Waals surface area contributed by atoms with E-state index in [1.54, 1.807) is 0 Å². The fourth-order valence-corrected chi connectivity index (χ4v) is 5.28. The molecule has 0 aromatic rings. The van der Waals surface area contributed by atoms with E-state index in [9.17, 15) is 13.2 Å². The van der Waals surface area contributed by atoms with Crippen molar-refractivity contribution in [2.75, 3.05) is 37.7 Å². The van der Waals surface area contributed by atoms with Gasteiger partial charge in [-0.15, -0.1) is 0 Å². The zero-order valence-electron chi connectivity index (χ0n) is 12.7. The van der Waals surface area contributed by atoms with E-state index in [1.807, 2.05) is 4.90 Å². The van der Waals surface area contributed by atoms with E-state index in [2.05, 4.69) is 11.8 Å². The highest BCUT2D eigenvalue weighted by molar-refractivity contribution is 7.91. The quantitative estimate of drug-likeness (QED) is 0.765. The lowest BCUT2D eigenvalue weighted by molar-refractivity contribution is -0.139. The third-order valence-corrected chi connectivity index (χ3v) is 6.31. The fraction of sp³-hybridized carbons (Fsp3) is 0.929. The molecule has 2 fully saturated rings. The van der Waals surface area contributed by atoms with Gasteiger partial charge in [-0.2, -0.15) is 0 Å². The van der Waals surface area contributed by atoms with Gasteiger partial charge in [0.15, 0.2) is 9.84 Å². The van der Waals surface area contributed by atoms with Gasteiger partial charge in [0.1, 0.15) is 0 Å². The van der Waals surface area contributed by atoms with Crippen LogP contribution in [0.5, 0.6) is 0 Å². The Morgan fingerprint density at radius 3 is 2.38 bits per heavy atom. The SMILES string of the molecule is CCCN1CCC(N(CC(=O)O)C2CCS(=O)(=O)C2)CC1. The van der Waals surface area contributed by atoms with Crippen LogP contribution in [0.15, 0.2) is 0 Å². The molecule has 1 unspecified atom stereocenters. The largest absolute Gasteiger partial charge is 0.480 e. The number of aliphatic carboxylic acids is 1. The van der Waals surface area contributed by atoms with E-state index >= 15 is 0 Å². The Balaban J connectivity index is 1.99. The Morgan fingerprint density at radius 1 is 1.24 bits per heavy atom. The molecule has 21 heavy (non-hydrogen) atoms. The maximum atomic E-state index is 11.7. The van der Waals surface area contributed by atoms with Gasteiger partial charge >= 0.3 is 5.97 Å². The van der Waals surface area contributed by atoms with Crippen LogP contribution in [0.1, 0.15) is 32.6 Å². The first kappa shape index (κ1) is 16.7. The molecular weight excluding hydrogens is 292 g/mol. The molecule has 6 nitrogen and oxygen atoms in total. The number of carbonyl (C=O) groups is 1. The number of nitrogens with zero attached hydrogens (tertiary/aromatic N) is 2. The van der Waals surface area contributed by atoms with Crippen LogP contribution >= 0.6 is 0 Å². The van der Waals surface area contributed by atoms with Crippen molar-refractivity contribution in [3.63, 3.8) is 0 Å². The summed E-state index contributed by atoms with van der Waals surface area (Å²) >= 11 is 0. The average Bonchev–Trinajstić information content (AvgIpc) is 2.77. The third kappa shape index (κ3) is 4.66. The van der Waals surface area contributed by atoms with Crippen molar-refractivity contribution in [1.82, 2.24) is 9.80 Å². The first-order chi connectivity index (χ1) is 9.91. The molecule has 0 aromatic carbocycles. The fourth-order valence-electron chi connectivity index (χ4n) is 3.54. The van der Waals surface area contributed by atoms with Gasteiger partial charge in [0.2, 0.25) is 0 Å². The maximum Gasteiger partial charge on any atom is 0.317 e. The van der Waals surface area contributed by atoms with Gasteiger partial charge in [-0.25, -0.2) is 8.42 Å². The predicted octanol–water partition coefficient (Wildman–Crippen LogP) is 0.435. The van der Waals surface area contributed by atoms with Crippen LogP contribution in [0.25, 0.3) is 0 Å². The number of carboxylic acids is 1. The average molecular weight is 318 g/mol. The number of likely N-dealkylation sites (tertiary alicyclic amines) is 1. The van der Waals surface area contributed by atoms with E-state index in [-0.39, 0.29) is 30.1 Å². The molecule has 2 rings (SSSR count). The summed E-state index contributed by atoms with van der Waals surface area (Å²) in [5.74, 6) is -0.548. The zero-order valence-corrected chi connectivity index (χ0v) is 13.5. The summed E-state index contributed by atoms with van der Waals surface area (Å²) in [7, 11) is -2.98. The highest BCUT2D eigenvalue weighted by Gasteiger charge is 2.37. The molecule has 1 N–H and O–H groups in total. The van der Waals surface area contributed by atoms with Crippen LogP contribution in [0.3, 0.4) is 0 Å². The van der Waals surface area contributed by atoms with Crippen LogP contribution in [0, 0.1) is 0 Å². The van der Waals surface area contributed by atoms with Crippen molar-refractivity contribution in [1.29, 1.82) is 0 Å².